The van der Waals surface area contributed by atoms with Gasteiger partial charge in [-0.25, -0.2) is 5.43 Å². The minimum Gasteiger partial charge on any atom is -0.483 e. The zero-order valence-electron chi connectivity index (χ0n) is 14.5. The molecule has 1 fully saturated rings. The molecule has 4 rings (SSSR count). The van der Waals surface area contributed by atoms with Crippen LogP contribution in [0.25, 0.3) is 0 Å². The third kappa shape index (κ3) is 2.55. The maximum absolute atomic E-state index is 11.8. The summed E-state index contributed by atoms with van der Waals surface area (Å²) >= 11 is 0. The van der Waals surface area contributed by atoms with Gasteiger partial charge in [-0.1, -0.05) is 20.8 Å². The highest BCUT2D eigenvalue weighted by atomic mass is 16.5. The van der Waals surface area contributed by atoms with Gasteiger partial charge >= 0.3 is 0 Å². The van der Waals surface area contributed by atoms with Gasteiger partial charge in [-0.2, -0.15) is 5.10 Å². The minimum atomic E-state index is -0.0868. The largest absolute Gasteiger partial charge is 0.483 e. The third-order valence-electron chi connectivity index (χ3n) is 5.13. The van der Waals surface area contributed by atoms with Gasteiger partial charge in [0.15, 0.2) is 5.84 Å². The molecule has 0 spiro atoms. The molecule has 0 aromatic heterocycles. The number of nitrogens with zero attached hydrogens (tertiary/aromatic N) is 2. The molecule has 24 heavy (non-hydrogen) atoms. The van der Waals surface area contributed by atoms with E-state index >= 15 is 0 Å². The van der Waals surface area contributed by atoms with E-state index in [2.05, 4.69) is 48.7 Å². The predicted molar refractivity (Wildman–Crippen MR) is 93.6 cm³/mol. The highest BCUT2D eigenvalue weighted by molar-refractivity contribution is 6.07. The van der Waals surface area contributed by atoms with E-state index in [-0.39, 0.29) is 5.91 Å². The number of hydrazone groups is 1. The fraction of sp³-hybridized carbons (Fsp3) is 0.556. The Morgan fingerprint density at radius 1 is 1.38 bits per heavy atom. The molecule has 0 radical (unpaired) electrons. The second kappa shape index (κ2) is 5.48. The van der Waals surface area contributed by atoms with Crippen LogP contribution in [0.1, 0.15) is 37.8 Å². The van der Waals surface area contributed by atoms with Crippen molar-refractivity contribution in [2.45, 2.75) is 33.1 Å². The molecule has 128 valence electrons. The number of benzene rings is 1. The highest BCUT2D eigenvalue weighted by Gasteiger charge is 2.35. The summed E-state index contributed by atoms with van der Waals surface area (Å²) in [5.74, 6) is 1.97. The molecule has 2 N–H and O–H groups in total. The lowest BCUT2D eigenvalue weighted by Crippen LogP contribution is -2.52. The fourth-order valence-corrected chi connectivity index (χ4v) is 3.72. The van der Waals surface area contributed by atoms with E-state index < -0.39 is 0 Å². The van der Waals surface area contributed by atoms with Crippen LogP contribution < -0.4 is 20.4 Å². The first-order valence-corrected chi connectivity index (χ1v) is 8.58. The third-order valence-corrected chi connectivity index (χ3v) is 5.13. The second-order valence-corrected chi connectivity index (χ2v) is 7.70. The summed E-state index contributed by atoms with van der Waals surface area (Å²) in [6.07, 6.45) is 1.04. The van der Waals surface area contributed by atoms with Gasteiger partial charge in [-0.15, -0.1) is 0 Å². The van der Waals surface area contributed by atoms with Gasteiger partial charge in [-0.3, -0.25) is 4.79 Å². The minimum absolute atomic E-state index is 0.0868. The summed E-state index contributed by atoms with van der Waals surface area (Å²) in [5.41, 5.74) is 6.49. The Bertz CT molecular complexity index is 722. The van der Waals surface area contributed by atoms with Crippen molar-refractivity contribution >= 4 is 17.4 Å². The van der Waals surface area contributed by atoms with Crippen molar-refractivity contribution in [2.24, 2.45) is 10.5 Å². The van der Waals surface area contributed by atoms with Crippen LogP contribution >= 0.6 is 0 Å². The van der Waals surface area contributed by atoms with Crippen molar-refractivity contribution in [1.82, 2.24) is 10.7 Å². The van der Waals surface area contributed by atoms with Crippen molar-refractivity contribution in [2.75, 3.05) is 31.1 Å². The molecule has 0 saturated carbocycles. The number of fused-ring (bicyclic) bond motifs is 3. The number of nitrogens with one attached hydrogen (secondary N) is 2. The molecule has 1 amide bonds. The Labute approximate surface area is 142 Å². The Kier molecular flexibility index (Phi) is 3.53. The van der Waals surface area contributed by atoms with Crippen LogP contribution in [0.15, 0.2) is 17.2 Å². The molecule has 0 atom stereocenters. The summed E-state index contributed by atoms with van der Waals surface area (Å²) in [5, 5.41) is 7.51. The Balaban J connectivity index is 1.76. The Morgan fingerprint density at radius 2 is 2.17 bits per heavy atom. The molecule has 0 unspecified atom stereocenters. The van der Waals surface area contributed by atoms with Gasteiger partial charge in [0.1, 0.15) is 18.9 Å². The predicted octanol–water partition coefficient (Wildman–Crippen LogP) is 1.60. The maximum Gasteiger partial charge on any atom is 0.260 e. The fourth-order valence-electron chi connectivity index (χ4n) is 3.72. The molecule has 1 saturated heterocycles. The van der Waals surface area contributed by atoms with Crippen LogP contribution in [0, 0.1) is 5.41 Å². The van der Waals surface area contributed by atoms with Crippen LogP contribution in [0.5, 0.6) is 5.75 Å². The molecule has 3 aliphatic rings. The first-order chi connectivity index (χ1) is 11.5. The quantitative estimate of drug-likeness (QED) is 0.885. The van der Waals surface area contributed by atoms with Gasteiger partial charge in [0, 0.05) is 13.1 Å². The molecule has 0 aliphatic carbocycles. The molecule has 3 heterocycles. The van der Waals surface area contributed by atoms with Crippen LogP contribution in [-0.2, 0) is 11.2 Å². The van der Waals surface area contributed by atoms with Crippen LogP contribution in [0.2, 0.25) is 0 Å². The zero-order chi connectivity index (χ0) is 16.9. The van der Waals surface area contributed by atoms with E-state index in [4.69, 9.17) is 4.74 Å². The number of ether oxygens (including phenoxy) is 1. The summed E-state index contributed by atoms with van der Waals surface area (Å²) in [7, 11) is 0. The average Bonchev–Trinajstić information content (AvgIpc) is 2.52. The summed E-state index contributed by atoms with van der Waals surface area (Å²) < 4.78 is 5.91. The number of hydrogen-bond donors (Lipinski definition) is 2. The Hall–Kier alpha value is -2.08. The van der Waals surface area contributed by atoms with E-state index in [9.17, 15) is 4.79 Å². The molecular formula is C18H24N4O2. The second-order valence-electron chi connectivity index (χ2n) is 7.70. The van der Waals surface area contributed by atoms with Crippen molar-refractivity contribution in [3.05, 3.63) is 23.3 Å². The smallest absolute Gasteiger partial charge is 0.260 e. The molecular weight excluding hydrogens is 304 g/mol. The summed E-state index contributed by atoms with van der Waals surface area (Å²) in [6, 6.07) is 4.37. The van der Waals surface area contributed by atoms with Crippen LogP contribution in [-0.4, -0.2) is 38.0 Å². The number of carbonyl (C=O) groups excluding carboxylic acids is 1. The lowest BCUT2D eigenvalue weighted by atomic mass is 9.76. The van der Waals surface area contributed by atoms with E-state index in [1.54, 1.807) is 0 Å². The first-order valence-electron chi connectivity index (χ1n) is 8.58. The Morgan fingerprint density at radius 3 is 2.83 bits per heavy atom. The van der Waals surface area contributed by atoms with Gasteiger partial charge in [0.25, 0.3) is 5.91 Å². The molecule has 1 aromatic rings. The SMILES string of the molecule is CC(C)c1cc2c(cc1CC1(C)CNC1)N1CC(=O)NN=C1CO2. The van der Waals surface area contributed by atoms with Crippen LogP contribution in [0.3, 0.4) is 0 Å². The number of rotatable bonds is 3. The van der Waals surface area contributed by atoms with E-state index in [1.165, 1.54) is 11.1 Å². The monoisotopic (exact) mass is 328 g/mol. The zero-order valence-corrected chi connectivity index (χ0v) is 14.5. The molecule has 3 aliphatic heterocycles. The number of amidine groups is 1. The van der Waals surface area contributed by atoms with Crippen molar-refractivity contribution in [3.8, 4) is 5.75 Å². The van der Waals surface area contributed by atoms with Gasteiger partial charge in [0.05, 0.1) is 5.69 Å². The molecule has 1 aromatic carbocycles. The lowest BCUT2D eigenvalue weighted by Gasteiger charge is -2.41. The van der Waals surface area contributed by atoms with E-state index in [0.717, 1.165) is 36.8 Å². The van der Waals surface area contributed by atoms with E-state index in [1.807, 2.05) is 4.90 Å². The highest BCUT2D eigenvalue weighted by Crippen LogP contribution is 2.40. The molecule has 0 bridgehead atoms. The van der Waals surface area contributed by atoms with Crippen molar-refractivity contribution < 1.29 is 9.53 Å². The summed E-state index contributed by atoms with van der Waals surface area (Å²) in [4.78, 5) is 13.7. The average molecular weight is 328 g/mol. The number of anilines is 1. The van der Waals surface area contributed by atoms with E-state index in [0.29, 0.717) is 24.5 Å². The van der Waals surface area contributed by atoms with Gasteiger partial charge in [0.2, 0.25) is 0 Å². The molecule has 6 heteroatoms. The van der Waals surface area contributed by atoms with Gasteiger partial charge < -0.3 is 15.0 Å². The summed E-state index contributed by atoms with van der Waals surface area (Å²) in [6.45, 7) is 9.56. The van der Waals surface area contributed by atoms with Gasteiger partial charge in [-0.05, 0) is 41.0 Å². The molecule has 6 nitrogen and oxygen atoms in total. The standard InChI is InChI=1S/C18H24N4O2/c1-11(2)13-5-15-14(4-12(13)6-18(3)9-19-10-18)22-7-17(23)21-20-16(22)8-24-15/h4-5,11,19H,6-10H2,1-3H3,(H,21,23). The number of hydrogen-bond acceptors (Lipinski definition) is 5. The van der Waals surface area contributed by atoms with Crippen molar-refractivity contribution in [3.63, 3.8) is 0 Å². The normalized spacial score (nSPS) is 21.2. The van der Waals surface area contributed by atoms with Crippen molar-refractivity contribution in [1.29, 1.82) is 0 Å². The maximum atomic E-state index is 11.8. The lowest BCUT2D eigenvalue weighted by molar-refractivity contribution is -0.119. The number of carbonyl (C=O) groups is 1. The first kappa shape index (κ1) is 15.4. The number of amides is 1. The van der Waals surface area contributed by atoms with Crippen LogP contribution in [0.4, 0.5) is 5.69 Å². The topological polar surface area (TPSA) is 66.0 Å².